The highest BCUT2D eigenvalue weighted by Crippen LogP contribution is 2.43. The highest BCUT2D eigenvalue weighted by molar-refractivity contribution is 8.00. The van der Waals surface area contributed by atoms with Gasteiger partial charge < -0.3 is 14.7 Å². The van der Waals surface area contributed by atoms with Crippen LogP contribution in [0.5, 0.6) is 0 Å². The van der Waals surface area contributed by atoms with Gasteiger partial charge in [-0.25, -0.2) is 0 Å². The van der Waals surface area contributed by atoms with Crippen molar-refractivity contribution in [3.05, 3.63) is 58.6 Å². The van der Waals surface area contributed by atoms with E-state index in [9.17, 15) is 4.79 Å². The fourth-order valence-electron chi connectivity index (χ4n) is 3.43. The van der Waals surface area contributed by atoms with Crippen LogP contribution in [0.25, 0.3) is 0 Å². The number of hydrogen-bond acceptors (Lipinski definition) is 4. The zero-order valence-corrected chi connectivity index (χ0v) is 17.0. The fraction of sp³-hybridized carbons (Fsp3) is 0.381. The van der Waals surface area contributed by atoms with Crippen molar-refractivity contribution < 1.29 is 9.90 Å². The van der Waals surface area contributed by atoms with E-state index in [1.807, 2.05) is 12.1 Å². The monoisotopic (exact) mass is 404 g/mol. The molecule has 1 atom stereocenters. The van der Waals surface area contributed by atoms with Crippen molar-refractivity contribution in [2.45, 2.75) is 43.0 Å². The Labute approximate surface area is 170 Å². The summed E-state index contributed by atoms with van der Waals surface area (Å²) in [5, 5.41) is 13.2. The molecule has 144 valence electrons. The summed E-state index contributed by atoms with van der Waals surface area (Å²) in [7, 11) is 2.08. The molecule has 0 fully saturated rings. The summed E-state index contributed by atoms with van der Waals surface area (Å²) < 4.78 is 2.19. The molecule has 0 aliphatic carbocycles. The molecule has 3 rings (SSSR count). The number of aliphatic carboxylic acids is 1. The lowest BCUT2D eigenvalue weighted by Gasteiger charge is -2.22. The predicted octanol–water partition coefficient (Wildman–Crippen LogP) is 5.51. The Hall–Kier alpha value is -1.69. The maximum Gasteiger partial charge on any atom is 0.303 e. The summed E-state index contributed by atoms with van der Waals surface area (Å²) in [5.41, 5.74) is 3.71. The van der Waals surface area contributed by atoms with Crippen LogP contribution in [0, 0.1) is 0 Å². The van der Waals surface area contributed by atoms with E-state index in [-0.39, 0.29) is 12.5 Å². The van der Waals surface area contributed by atoms with Gasteiger partial charge in [0.2, 0.25) is 0 Å². The first-order valence-electron chi connectivity index (χ1n) is 9.31. The van der Waals surface area contributed by atoms with Gasteiger partial charge in [-0.1, -0.05) is 48.7 Å². The molecule has 6 heteroatoms. The first-order chi connectivity index (χ1) is 13.1. The van der Waals surface area contributed by atoms with Gasteiger partial charge >= 0.3 is 5.97 Å². The third-order valence-electron chi connectivity index (χ3n) is 4.77. The molecule has 0 aromatic heterocycles. The second-order valence-corrected chi connectivity index (χ2v) is 8.38. The average Bonchev–Trinajstić information content (AvgIpc) is 2.75. The lowest BCUT2D eigenvalue weighted by atomic mass is 9.96. The summed E-state index contributed by atoms with van der Waals surface area (Å²) in [6, 6.07) is 14.7. The summed E-state index contributed by atoms with van der Waals surface area (Å²) in [4.78, 5) is 11.8. The lowest BCUT2D eigenvalue weighted by molar-refractivity contribution is -0.137. The van der Waals surface area contributed by atoms with E-state index in [1.54, 1.807) is 11.9 Å². The Morgan fingerprint density at radius 1 is 1.15 bits per heavy atom. The molecule has 2 aromatic carbocycles. The Balaban J connectivity index is 1.71. The van der Waals surface area contributed by atoms with Gasteiger partial charge in [0, 0.05) is 23.4 Å². The molecule has 1 aliphatic heterocycles. The van der Waals surface area contributed by atoms with Crippen LogP contribution in [0.4, 0.5) is 5.69 Å². The molecule has 0 amide bonds. The van der Waals surface area contributed by atoms with E-state index in [2.05, 4.69) is 47.0 Å². The molecule has 2 N–H and O–H groups in total. The molecule has 0 saturated carbocycles. The third kappa shape index (κ3) is 5.18. The van der Waals surface area contributed by atoms with Crippen LogP contribution in [-0.4, -0.2) is 24.7 Å². The number of nitrogens with one attached hydrogen (secondary N) is 1. The van der Waals surface area contributed by atoms with Gasteiger partial charge in [0.05, 0.1) is 11.7 Å². The number of anilines is 1. The number of hydrogen-bond donors (Lipinski definition) is 2. The number of carboxylic acids is 1. The van der Waals surface area contributed by atoms with Crippen LogP contribution in [0.2, 0.25) is 5.02 Å². The van der Waals surface area contributed by atoms with Crippen molar-refractivity contribution in [1.29, 1.82) is 0 Å². The summed E-state index contributed by atoms with van der Waals surface area (Å²) in [6.45, 7) is 0.891. The number of halogens is 1. The van der Waals surface area contributed by atoms with E-state index in [0.29, 0.717) is 0 Å². The van der Waals surface area contributed by atoms with Crippen LogP contribution < -0.4 is 9.62 Å². The molecule has 1 unspecified atom stereocenters. The van der Waals surface area contributed by atoms with Gasteiger partial charge in [0.1, 0.15) is 0 Å². The van der Waals surface area contributed by atoms with Gasteiger partial charge in [-0.15, -0.1) is 0 Å². The van der Waals surface area contributed by atoms with Crippen LogP contribution in [0.15, 0.2) is 47.4 Å². The van der Waals surface area contributed by atoms with E-state index in [0.717, 1.165) is 37.3 Å². The van der Waals surface area contributed by atoms with Gasteiger partial charge in [-0.3, -0.25) is 4.79 Å². The van der Waals surface area contributed by atoms with Crippen LogP contribution in [0.3, 0.4) is 0 Å². The van der Waals surface area contributed by atoms with Crippen molar-refractivity contribution in [2.75, 3.05) is 17.9 Å². The summed E-state index contributed by atoms with van der Waals surface area (Å²) in [5.74, 6) is -0.708. The quantitative estimate of drug-likeness (QED) is 0.448. The predicted molar refractivity (Wildman–Crippen MR) is 113 cm³/mol. The molecule has 0 saturated heterocycles. The Morgan fingerprint density at radius 2 is 1.93 bits per heavy atom. The standard InChI is InChI=1S/C21H25ClN2O2S/c1-24-18-9-6-5-8-16(18)21(17-12-11-15(22)14-19(17)27-24)23-13-7-3-2-4-10-20(25)26/h5-6,8-9,11-12,14,21,23H,2-4,7,10,13H2,1H3,(H,25,26). The van der Waals surface area contributed by atoms with Gasteiger partial charge in [0.25, 0.3) is 0 Å². The zero-order valence-electron chi connectivity index (χ0n) is 15.5. The molecular formula is C21H25ClN2O2S. The molecule has 0 spiro atoms. The van der Waals surface area contributed by atoms with Crippen LogP contribution in [0.1, 0.15) is 49.3 Å². The average molecular weight is 405 g/mol. The van der Waals surface area contributed by atoms with Crippen molar-refractivity contribution in [3.8, 4) is 0 Å². The van der Waals surface area contributed by atoms with E-state index in [4.69, 9.17) is 16.7 Å². The Kier molecular flexibility index (Phi) is 7.05. The van der Waals surface area contributed by atoms with Gasteiger partial charge in [-0.05, 0) is 60.7 Å². The number of fused-ring (bicyclic) bond motifs is 2. The third-order valence-corrected chi connectivity index (χ3v) is 6.03. The maximum absolute atomic E-state index is 10.6. The molecule has 4 nitrogen and oxygen atoms in total. The normalized spacial score (nSPS) is 15.8. The maximum atomic E-state index is 10.6. The fourth-order valence-corrected chi connectivity index (χ4v) is 4.70. The summed E-state index contributed by atoms with van der Waals surface area (Å²) in [6.07, 6.45) is 4.05. The molecule has 1 heterocycles. The molecule has 0 bridgehead atoms. The molecular weight excluding hydrogens is 380 g/mol. The second kappa shape index (κ2) is 9.49. The largest absolute Gasteiger partial charge is 0.481 e. The summed E-state index contributed by atoms with van der Waals surface area (Å²) >= 11 is 7.94. The molecule has 2 aromatic rings. The van der Waals surface area contributed by atoms with E-state index in [1.165, 1.54) is 21.7 Å². The molecule has 0 radical (unpaired) electrons. The zero-order chi connectivity index (χ0) is 19.2. The van der Waals surface area contributed by atoms with Crippen LogP contribution in [-0.2, 0) is 4.79 Å². The minimum atomic E-state index is -0.708. The minimum Gasteiger partial charge on any atom is -0.481 e. The molecule has 27 heavy (non-hydrogen) atoms. The van der Waals surface area contributed by atoms with Crippen molar-refractivity contribution in [3.63, 3.8) is 0 Å². The van der Waals surface area contributed by atoms with Crippen LogP contribution >= 0.6 is 23.5 Å². The van der Waals surface area contributed by atoms with Crippen molar-refractivity contribution >= 4 is 35.2 Å². The highest BCUT2D eigenvalue weighted by atomic mass is 35.5. The van der Waals surface area contributed by atoms with Crippen molar-refractivity contribution in [1.82, 2.24) is 5.32 Å². The Morgan fingerprint density at radius 3 is 2.74 bits per heavy atom. The smallest absolute Gasteiger partial charge is 0.303 e. The number of unbranched alkanes of at least 4 members (excludes halogenated alkanes) is 3. The SMILES string of the molecule is CN1Sc2cc(Cl)ccc2C(NCCCCCCC(=O)O)c2ccccc21. The number of carbonyl (C=O) groups is 1. The Bertz CT molecular complexity index is 800. The number of benzene rings is 2. The van der Waals surface area contributed by atoms with Gasteiger partial charge in [0.15, 0.2) is 0 Å². The number of nitrogens with zero attached hydrogens (tertiary/aromatic N) is 1. The number of rotatable bonds is 8. The van der Waals surface area contributed by atoms with E-state index < -0.39 is 5.97 Å². The topological polar surface area (TPSA) is 52.6 Å². The minimum absolute atomic E-state index is 0.116. The second-order valence-electron chi connectivity index (χ2n) is 6.77. The number of para-hydroxylation sites is 1. The van der Waals surface area contributed by atoms with Gasteiger partial charge in [-0.2, -0.15) is 0 Å². The number of carboxylic acid groups (broad SMARTS) is 1. The first-order valence-corrected chi connectivity index (χ1v) is 10.5. The molecule has 1 aliphatic rings. The highest BCUT2D eigenvalue weighted by Gasteiger charge is 2.26. The first kappa shape index (κ1) is 20.1. The van der Waals surface area contributed by atoms with Crippen molar-refractivity contribution in [2.24, 2.45) is 0 Å². The van der Waals surface area contributed by atoms with E-state index >= 15 is 0 Å². The lowest BCUT2D eigenvalue weighted by Crippen LogP contribution is -2.24.